The third-order valence-corrected chi connectivity index (χ3v) is 5.03. The number of carbonyl (C=O) groups is 1. The number of carbonyl (C=O) groups excluding carboxylic acids is 1. The Morgan fingerprint density at radius 3 is 2.25 bits per heavy atom. The van der Waals surface area contributed by atoms with Gasteiger partial charge in [0.1, 0.15) is 0 Å². The highest BCUT2D eigenvalue weighted by Gasteiger charge is 2.19. The number of hydrogen-bond donors (Lipinski definition) is 4. The molecule has 0 radical (unpaired) electrons. The van der Waals surface area contributed by atoms with Crippen molar-refractivity contribution >= 4 is 13.7 Å². The van der Waals surface area contributed by atoms with Crippen LogP contribution in [0.5, 0.6) is 0 Å². The van der Waals surface area contributed by atoms with Gasteiger partial charge in [-0.1, -0.05) is 50.5 Å². The van der Waals surface area contributed by atoms with Crippen molar-refractivity contribution in [2.75, 3.05) is 13.2 Å². The van der Waals surface area contributed by atoms with E-state index >= 15 is 0 Å². The number of nitrogens with one attached hydrogen (secondary N) is 1. The Kier molecular flexibility index (Phi) is 12.3. The van der Waals surface area contributed by atoms with E-state index in [2.05, 4.69) is 41.0 Å². The predicted octanol–water partition coefficient (Wildman–Crippen LogP) is 3.11. The average Bonchev–Trinajstić information content (AvgIpc) is 2.66. The fraction of sp³-hybridized carbons (Fsp3) is 0.650. The zero-order valence-electron chi connectivity index (χ0n) is 16.7. The highest BCUT2D eigenvalue weighted by molar-refractivity contribution is 7.46. The molecule has 1 rings (SSSR count). The maximum absolute atomic E-state index is 11.9. The number of aliphatic hydroxyl groups excluding tert-OH is 1. The first-order valence-corrected chi connectivity index (χ1v) is 11.6. The number of aliphatic hydroxyl groups is 1. The van der Waals surface area contributed by atoms with E-state index < -0.39 is 27.1 Å². The molecule has 1 amide bonds. The van der Waals surface area contributed by atoms with Crippen molar-refractivity contribution in [2.45, 2.75) is 70.8 Å². The lowest BCUT2D eigenvalue weighted by Gasteiger charge is -2.16. The Morgan fingerprint density at radius 1 is 1.07 bits per heavy atom. The highest BCUT2D eigenvalue weighted by atomic mass is 31.2. The van der Waals surface area contributed by atoms with Gasteiger partial charge in [0, 0.05) is 6.42 Å². The molecule has 0 heterocycles. The first kappa shape index (κ1) is 24.8. The molecule has 0 unspecified atom stereocenters. The van der Waals surface area contributed by atoms with E-state index in [9.17, 15) is 9.36 Å². The van der Waals surface area contributed by atoms with Crippen molar-refractivity contribution in [1.82, 2.24) is 5.32 Å². The summed E-state index contributed by atoms with van der Waals surface area (Å²) in [5.41, 5.74) is 2.86. The van der Waals surface area contributed by atoms with Gasteiger partial charge in [0.05, 0.1) is 19.3 Å². The van der Waals surface area contributed by atoms with Gasteiger partial charge in [-0.25, -0.2) is 4.57 Å². The second-order valence-corrected chi connectivity index (χ2v) is 8.26. The van der Waals surface area contributed by atoms with Crippen molar-refractivity contribution in [1.29, 1.82) is 0 Å². The second kappa shape index (κ2) is 13.9. The molecule has 1 aromatic carbocycles. The largest absolute Gasteiger partial charge is 0.469 e. The predicted molar refractivity (Wildman–Crippen MR) is 109 cm³/mol. The van der Waals surface area contributed by atoms with Crippen LogP contribution >= 0.6 is 7.82 Å². The Hall–Kier alpha value is -1.24. The molecular formula is C20H34NO6P. The van der Waals surface area contributed by atoms with Gasteiger partial charge in [0.2, 0.25) is 5.91 Å². The zero-order chi connectivity index (χ0) is 20.8. The molecule has 0 saturated heterocycles. The minimum absolute atomic E-state index is 0.252. The summed E-state index contributed by atoms with van der Waals surface area (Å²) in [5, 5.41) is 11.7. The van der Waals surface area contributed by atoms with Crippen molar-refractivity contribution in [2.24, 2.45) is 0 Å². The van der Waals surface area contributed by atoms with Crippen molar-refractivity contribution in [3.05, 3.63) is 35.4 Å². The van der Waals surface area contributed by atoms with Crippen LogP contribution in [0.2, 0.25) is 0 Å². The Bertz CT molecular complexity index is 618. The lowest BCUT2D eigenvalue weighted by atomic mass is 9.97. The van der Waals surface area contributed by atoms with Crippen LogP contribution in [0.4, 0.5) is 0 Å². The van der Waals surface area contributed by atoms with E-state index in [1.807, 2.05) is 0 Å². The molecular weight excluding hydrogens is 381 g/mol. The normalized spacial score (nSPS) is 12.7. The molecule has 0 fully saturated rings. The fourth-order valence-corrected chi connectivity index (χ4v) is 3.37. The number of unbranched alkanes of at least 4 members (excludes halogenated alkanes) is 4. The van der Waals surface area contributed by atoms with Crippen LogP contribution in [0, 0.1) is 0 Å². The minimum atomic E-state index is -4.61. The third-order valence-electron chi connectivity index (χ3n) is 4.55. The third kappa shape index (κ3) is 11.6. The summed E-state index contributed by atoms with van der Waals surface area (Å²) in [4.78, 5) is 29.2. The van der Waals surface area contributed by atoms with Gasteiger partial charge in [-0.2, -0.15) is 0 Å². The second-order valence-electron chi connectivity index (χ2n) is 7.02. The molecule has 0 aliphatic heterocycles. The standard InChI is InChI=1S/C20H34NO6P/c1-2-3-10-17-12-8-9-13-18(17)11-6-4-5-7-14-20(23)21-19(15-22)16-27-28(24,25)26/h8-9,12-13,19,22H,2-7,10-11,14-16H2,1H3,(H,21,23)(H2,24,25,26)/t19-/m1/s1. The summed E-state index contributed by atoms with van der Waals surface area (Å²) in [6.45, 7) is 1.33. The van der Waals surface area contributed by atoms with Crippen molar-refractivity contribution in [3.8, 4) is 0 Å². The maximum atomic E-state index is 11.9. The molecule has 0 aromatic heterocycles. The van der Waals surface area contributed by atoms with Gasteiger partial charge in [-0.15, -0.1) is 0 Å². The molecule has 1 atom stereocenters. The molecule has 28 heavy (non-hydrogen) atoms. The molecule has 0 spiro atoms. The molecule has 0 bridgehead atoms. The van der Waals surface area contributed by atoms with E-state index in [-0.39, 0.29) is 5.91 Å². The smallest absolute Gasteiger partial charge is 0.394 e. The Morgan fingerprint density at radius 2 is 1.68 bits per heavy atom. The number of hydrogen-bond acceptors (Lipinski definition) is 4. The van der Waals surface area contributed by atoms with Crippen molar-refractivity contribution in [3.63, 3.8) is 0 Å². The summed E-state index contributed by atoms with van der Waals surface area (Å²) in [5.74, 6) is -0.252. The van der Waals surface area contributed by atoms with E-state index in [0.717, 1.165) is 38.5 Å². The summed E-state index contributed by atoms with van der Waals surface area (Å²) in [6.07, 6.45) is 8.70. The lowest BCUT2D eigenvalue weighted by molar-refractivity contribution is -0.122. The first-order chi connectivity index (χ1) is 13.4. The SMILES string of the molecule is CCCCc1ccccc1CCCCCCC(=O)N[C@H](CO)COP(=O)(O)O. The molecule has 7 nitrogen and oxygen atoms in total. The molecule has 4 N–H and O–H groups in total. The quantitative estimate of drug-likeness (QED) is 0.258. The molecule has 160 valence electrons. The van der Waals surface area contributed by atoms with Crippen molar-refractivity contribution < 1.29 is 28.8 Å². The van der Waals surface area contributed by atoms with Gasteiger partial charge >= 0.3 is 7.82 Å². The molecule has 1 aromatic rings. The summed E-state index contributed by atoms with van der Waals surface area (Å²) in [7, 11) is -4.61. The molecule has 0 aliphatic carbocycles. The molecule has 0 saturated carbocycles. The maximum Gasteiger partial charge on any atom is 0.469 e. The highest BCUT2D eigenvalue weighted by Crippen LogP contribution is 2.35. The zero-order valence-corrected chi connectivity index (χ0v) is 17.6. The first-order valence-electron chi connectivity index (χ1n) is 10.0. The summed E-state index contributed by atoms with van der Waals surface area (Å²) < 4.78 is 15.0. The summed E-state index contributed by atoms with van der Waals surface area (Å²) >= 11 is 0. The van der Waals surface area contributed by atoms with E-state index in [1.54, 1.807) is 0 Å². The lowest BCUT2D eigenvalue weighted by Crippen LogP contribution is -2.40. The fourth-order valence-electron chi connectivity index (χ4n) is 2.99. The van der Waals surface area contributed by atoms with Crippen LogP contribution in [0.1, 0.15) is 63.0 Å². The van der Waals surface area contributed by atoms with E-state index in [1.165, 1.54) is 24.0 Å². The van der Waals surface area contributed by atoms with Gasteiger partial charge in [-0.05, 0) is 43.2 Å². The van der Waals surface area contributed by atoms with Crippen LogP contribution in [-0.4, -0.2) is 40.1 Å². The Labute approximate surface area is 167 Å². The van der Waals surface area contributed by atoms with Crippen LogP contribution in [0.3, 0.4) is 0 Å². The Balaban J connectivity index is 2.20. The monoisotopic (exact) mass is 415 g/mol. The van der Waals surface area contributed by atoms with E-state index in [0.29, 0.717) is 6.42 Å². The molecule has 0 aliphatic rings. The molecule has 8 heteroatoms. The van der Waals surface area contributed by atoms with E-state index in [4.69, 9.17) is 14.9 Å². The van der Waals surface area contributed by atoms with Gasteiger partial charge in [-0.3, -0.25) is 9.32 Å². The number of aryl methyl sites for hydroxylation is 2. The summed E-state index contributed by atoms with van der Waals surface area (Å²) in [6, 6.07) is 7.77. The topological polar surface area (TPSA) is 116 Å². The van der Waals surface area contributed by atoms with Crippen LogP contribution in [-0.2, 0) is 26.7 Å². The minimum Gasteiger partial charge on any atom is -0.394 e. The van der Waals surface area contributed by atoms with Crippen LogP contribution in [0.15, 0.2) is 24.3 Å². The van der Waals surface area contributed by atoms with Gasteiger partial charge in [0.25, 0.3) is 0 Å². The number of amides is 1. The van der Waals surface area contributed by atoms with Crippen LogP contribution in [0.25, 0.3) is 0 Å². The average molecular weight is 415 g/mol. The van der Waals surface area contributed by atoms with Crippen LogP contribution < -0.4 is 5.32 Å². The van der Waals surface area contributed by atoms with Gasteiger partial charge in [0.15, 0.2) is 0 Å². The number of rotatable bonds is 15. The number of benzene rings is 1. The number of phosphoric acid groups is 1. The van der Waals surface area contributed by atoms with Gasteiger partial charge < -0.3 is 20.2 Å². The number of phosphoric ester groups is 1.